The van der Waals surface area contributed by atoms with Crippen LogP contribution in [0.4, 0.5) is 32.4 Å². The van der Waals surface area contributed by atoms with Crippen molar-refractivity contribution < 1.29 is 41.1 Å². The van der Waals surface area contributed by atoms with Crippen molar-refractivity contribution in [2.45, 2.75) is 19.0 Å². The predicted octanol–water partition coefficient (Wildman–Crippen LogP) is 2.43. The third-order valence-electron chi connectivity index (χ3n) is 4.11. The second kappa shape index (κ2) is 9.52. The molecule has 0 saturated carbocycles. The molecule has 1 saturated heterocycles. The number of hydrogen-bond acceptors (Lipinski definition) is 4. The summed E-state index contributed by atoms with van der Waals surface area (Å²) >= 11 is 0. The molecule has 2 rings (SSSR count). The van der Waals surface area contributed by atoms with Gasteiger partial charge in [-0.05, 0) is 25.0 Å². The lowest BCUT2D eigenvalue weighted by atomic mass is 9.96. The first-order chi connectivity index (χ1) is 13.5. The lowest BCUT2D eigenvalue weighted by Gasteiger charge is -2.30. The highest BCUT2D eigenvalue weighted by atomic mass is 19.4. The first-order valence-corrected chi connectivity index (χ1v) is 8.56. The van der Waals surface area contributed by atoms with Gasteiger partial charge in [0, 0.05) is 30.8 Å². The van der Waals surface area contributed by atoms with Crippen molar-refractivity contribution in [1.82, 2.24) is 10.2 Å². The molecule has 2 N–H and O–H groups in total. The minimum atomic E-state index is -4.62. The third-order valence-corrected chi connectivity index (χ3v) is 4.11. The van der Waals surface area contributed by atoms with Crippen LogP contribution in [0.2, 0.25) is 0 Å². The van der Waals surface area contributed by atoms with Crippen molar-refractivity contribution in [3.05, 3.63) is 29.8 Å². The van der Waals surface area contributed by atoms with Gasteiger partial charge in [0.1, 0.15) is 0 Å². The van der Waals surface area contributed by atoms with Gasteiger partial charge in [-0.15, -0.1) is 0 Å². The zero-order chi connectivity index (χ0) is 21.6. The summed E-state index contributed by atoms with van der Waals surface area (Å²) in [6, 6.07) is 2.80. The molecule has 0 unspecified atom stereocenters. The maximum atomic E-state index is 13.1. The van der Waals surface area contributed by atoms with Gasteiger partial charge in [0.25, 0.3) is 0 Å². The average Bonchev–Trinajstić information content (AvgIpc) is 2.66. The van der Waals surface area contributed by atoms with Gasteiger partial charge in [0.2, 0.25) is 11.8 Å². The van der Waals surface area contributed by atoms with E-state index in [-0.39, 0.29) is 31.6 Å². The number of ether oxygens (including phenoxy) is 1. The normalized spacial score (nSPS) is 15.0. The molecule has 160 valence electrons. The number of anilines is 1. The number of nitrogens with zero attached hydrogens (tertiary/aromatic N) is 1. The zero-order valence-corrected chi connectivity index (χ0v) is 15.0. The molecule has 1 aromatic carbocycles. The highest BCUT2D eigenvalue weighted by Gasteiger charge is 2.33. The van der Waals surface area contributed by atoms with E-state index in [2.05, 4.69) is 15.4 Å². The van der Waals surface area contributed by atoms with E-state index in [1.807, 2.05) is 0 Å². The molecule has 1 aliphatic heterocycles. The van der Waals surface area contributed by atoms with E-state index in [0.717, 1.165) is 23.1 Å². The number of halogens is 5. The van der Waals surface area contributed by atoms with Crippen LogP contribution in [0, 0.1) is 17.6 Å². The summed E-state index contributed by atoms with van der Waals surface area (Å²) in [5, 5.41) is 4.68. The van der Waals surface area contributed by atoms with Crippen molar-refractivity contribution >= 4 is 23.6 Å². The molecular formula is C17H18F5N3O4. The molecule has 29 heavy (non-hydrogen) atoms. The van der Waals surface area contributed by atoms with E-state index in [1.54, 1.807) is 0 Å². The molecule has 1 aliphatic rings. The lowest BCUT2D eigenvalue weighted by Crippen LogP contribution is -2.45. The van der Waals surface area contributed by atoms with Gasteiger partial charge in [0.15, 0.2) is 18.2 Å². The molecule has 12 heteroatoms. The quantitative estimate of drug-likeness (QED) is 0.713. The Morgan fingerprint density at radius 1 is 1.10 bits per heavy atom. The summed E-state index contributed by atoms with van der Waals surface area (Å²) in [7, 11) is 0. The summed E-state index contributed by atoms with van der Waals surface area (Å²) in [6.45, 7) is -2.02. The summed E-state index contributed by atoms with van der Waals surface area (Å²) in [5.41, 5.74) is 0.0221. The second-order valence-corrected chi connectivity index (χ2v) is 6.33. The minimum absolute atomic E-state index is 0.0221. The van der Waals surface area contributed by atoms with Crippen molar-refractivity contribution in [2.24, 2.45) is 5.92 Å². The smallest absolute Gasteiger partial charge is 0.422 e. The molecule has 0 radical (unpaired) electrons. The van der Waals surface area contributed by atoms with Gasteiger partial charge < -0.3 is 20.3 Å². The fraction of sp³-hybridized carbons (Fsp3) is 0.471. The summed E-state index contributed by atoms with van der Waals surface area (Å²) < 4.78 is 66.3. The Balaban J connectivity index is 1.71. The summed E-state index contributed by atoms with van der Waals surface area (Å²) in [4.78, 5) is 36.5. The SMILES string of the molecule is O=C(CNC(=O)C1CCN(C(=O)OCC(F)(F)F)CC1)Nc1ccc(F)c(F)c1. The molecule has 1 fully saturated rings. The highest BCUT2D eigenvalue weighted by Crippen LogP contribution is 2.20. The van der Waals surface area contributed by atoms with E-state index < -0.39 is 54.8 Å². The highest BCUT2D eigenvalue weighted by molar-refractivity contribution is 5.94. The topological polar surface area (TPSA) is 87.7 Å². The van der Waals surface area contributed by atoms with Crippen molar-refractivity contribution in [3.63, 3.8) is 0 Å². The van der Waals surface area contributed by atoms with Crippen molar-refractivity contribution in [2.75, 3.05) is 31.6 Å². The molecule has 0 bridgehead atoms. The number of hydrogen-bond donors (Lipinski definition) is 2. The monoisotopic (exact) mass is 423 g/mol. The van der Waals surface area contributed by atoms with Crippen LogP contribution in [0.1, 0.15) is 12.8 Å². The summed E-state index contributed by atoms with van der Waals surface area (Å²) in [6.07, 6.45) is -5.34. The van der Waals surface area contributed by atoms with Crippen LogP contribution in [0.15, 0.2) is 18.2 Å². The predicted molar refractivity (Wildman–Crippen MR) is 89.7 cm³/mol. The molecule has 1 aromatic rings. The van der Waals surface area contributed by atoms with Gasteiger partial charge in [-0.2, -0.15) is 13.2 Å². The Labute approximate surface area is 162 Å². The molecule has 1 heterocycles. The van der Waals surface area contributed by atoms with Gasteiger partial charge in [-0.1, -0.05) is 0 Å². The Morgan fingerprint density at radius 2 is 1.76 bits per heavy atom. The van der Waals surface area contributed by atoms with Crippen LogP contribution in [0.25, 0.3) is 0 Å². The van der Waals surface area contributed by atoms with E-state index in [1.165, 1.54) is 0 Å². The Morgan fingerprint density at radius 3 is 2.34 bits per heavy atom. The van der Waals surface area contributed by atoms with Crippen molar-refractivity contribution in [1.29, 1.82) is 0 Å². The fourth-order valence-electron chi connectivity index (χ4n) is 2.65. The molecule has 0 spiro atoms. The maximum Gasteiger partial charge on any atom is 0.422 e. The minimum Gasteiger partial charge on any atom is -0.440 e. The van der Waals surface area contributed by atoms with Gasteiger partial charge >= 0.3 is 12.3 Å². The first-order valence-electron chi connectivity index (χ1n) is 8.56. The molecule has 0 aromatic heterocycles. The van der Waals surface area contributed by atoms with Crippen LogP contribution in [-0.4, -0.2) is 55.2 Å². The van der Waals surface area contributed by atoms with Crippen LogP contribution in [0.5, 0.6) is 0 Å². The van der Waals surface area contributed by atoms with Gasteiger partial charge in [0.05, 0.1) is 6.54 Å². The van der Waals surface area contributed by atoms with Crippen LogP contribution < -0.4 is 10.6 Å². The number of carbonyl (C=O) groups is 3. The van der Waals surface area contributed by atoms with E-state index in [4.69, 9.17) is 0 Å². The molecular weight excluding hydrogens is 405 g/mol. The number of benzene rings is 1. The Kier molecular flexibility index (Phi) is 7.35. The standard InChI is InChI=1S/C17H18F5N3O4/c18-12-2-1-11(7-13(12)19)24-14(26)8-23-15(27)10-3-5-25(6-4-10)16(28)29-9-17(20,21)22/h1-2,7,10H,3-6,8-9H2,(H,23,27)(H,24,26). The summed E-state index contributed by atoms with van der Waals surface area (Å²) in [5.74, 6) is -3.85. The Hall–Kier alpha value is -2.92. The molecule has 3 amide bonds. The van der Waals surface area contributed by atoms with Crippen molar-refractivity contribution in [3.8, 4) is 0 Å². The zero-order valence-electron chi connectivity index (χ0n) is 15.0. The number of alkyl halides is 3. The number of amides is 3. The second-order valence-electron chi connectivity index (χ2n) is 6.33. The van der Waals surface area contributed by atoms with Gasteiger partial charge in [-0.25, -0.2) is 13.6 Å². The number of likely N-dealkylation sites (tertiary alicyclic amines) is 1. The van der Waals surface area contributed by atoms with Crippen LogP contribution in [-0.2, 0) is 14.3 Å². The number of rotatable bonds is 5. The third kappa shape index (κ3) is 7.20. The van der Waals surface area contributed by atoms with E-state index >= 15 is 0 Å². The lowest BCUT2D eigenvalue weighted by molar-refractivity contribution is -0.162. The van der Waals surface area contributed by atoms with Crippen LogP contribution in [0.3, 0.4) is 0 Å². The number of piperidine rings is 1. The Bertz CT molecular complexity index is 764. The fourth-order valence-corrected chi connectivity index (χ4v) is 2.65. The van der Waals surface area contributed by atoms with Crippen LogP contribution >= 0.6 is 0 Å². The number of carbonyl (C=O) groups excluding carboxylic acids is 3. The van der Waals surface area contributed by atoms with Gasteiger partial charge in [-0.3, -0.25) is 9.59 Å². The first kappa shape index (κ1) is 22.4. The maximum absolute atomic E-state index is 13.1. The number of nitrogens with one attached hydrogen (secondary N) is 2. The van der Waals surface area contributed by atoms with E-state index in [0.29, 0.717) is 0 Å². The largest absolute Gasteiger partial charge is 0.440 e. The van der Waals surface area contributed by atoms with E-state index in [9.17, 15) is 36.3 Å². The molecule has 0 aliphatic carbocycles. The molecule has 7 nitrogen and oxygen atoms in total. The molecule has 0 atom stereocenters. The average molecular weight is 423 g/mol.